The van der Waals surface area contributed by atoms with Crippen molar-refractivity contribution < 1.29 is 9.72 Å². The Labute approximate surface area is 170 Å². The van der Waals surface area contributed by atoms with E-state index in [4.69, 9.17) is 0 Å². The molecule has 29 heavy (non-hydrogen) atoms. The molecular formula is C22H15N3O3S. The van der Waals surface area contributed by atoms with Gasteiger partial charge in [0.25, 0.3) is 5.69 Å². The maximum absolute atomic E-state index is 12.5. The van der Waals surface area contributed by atoms with Crippen LogP contribution in [0.2, 0.25) is 0 Å². The van der Waals surface area contributed by atoms with Gasteiger partial charge in [-0.25, -0.2) is 4.68 Å². The number of para-hydroxylation sites is 1. The van der Waals surface area contributed by atoms with Crippen molar-refractivity contribution in [2.24, 2.45) is 0 Å². The molecule has 0 aliphatic heterocycles. The van der Waals surface area contributed by atoms with Crippen LogP contribution in [0.4, 0.5) is 5.69 Å². The highest BCUT2D eigenvalue weighted by molar-refractivity contribution is 7.13. The molecule has 0 aliphatic carbocycles. The Hall–Kier alpha value is -3.84. The molecule has 2 heterocycles. The number of hydrogen-bond donors (Lipinski definition) is 0. The number of non-ortho nitro benzene ring substituents is 1. The average molecular weight is 401 g/mol. The standard InChI is InChI=1S/C22H15N3O3S/c26-20(16-6-4-9-19(14-16)25(27)28)12-11-17-15-24(18-7-2-1-3-8-18)23-22(17)21-10-5-13-29-21/h1-15H/b12-11+. The third-order valence-electron chi connectivity index (χ3n) is 4.27. The fourth-order valence-electron chi connectivity index (χ4n) is 2.86. The minimum Gasteiger partial charge on any atom is -0.289 e. The molecule has 0 spiro atoms. The monoisotopic (exact) mass is 401 g/mol. The molecule has 4 aromatic rings. The second-order valence-electron chi connectivity index (χ2n) is 6.20. The normalized spacial score (nSPS) is 11.0. The molecular weight excluding hydrogens is 386 g/mol. The first-order valence-electron chi connectivity index (χ1n) is 8.77. The number of thiophene rings is 1. The molecule has 0 saturated carbocycles. The fraction of sp³-hybridized carbons (Fsp3) is 0. The summed E-state index contributed by atoms with van der Waals surface area (Å²) in [5.74, 6) is -0.307. The topological polar surface area (TPSA) is 78.0 Å². The van der Waals surface area contributed by atoms with Crippen molar-refractivity contribution in [1.29, 1.82) is 0 Å². The maximum Gasteiger partial charge on any atom is 0.270 e. The number of allylic oxidation sites excluding steroid dienone is 1. The molecule has 0 atom stereocenters. The molecule has 7 heteroatoms. The number of ketones is 1. The lowest BCUT2D eigenvalue weighted by molar-refractivity contribution is -0.384. The fourth-order valence-corrected chi connectivity index (χ4v) is 3.59. The summed E-state index contributed by atoms with van der Waals surface area (Å²) < 4.78 is 1.77. The number of nitro groups is 1. The minimum absolute atomic E-state index is 0.111. The van der Waals surface area contributed by atoms with Crippen LogP contribution in [0, 0.1) is 10.1 Å². The van der Waals surface area contributed by atoms with Gasteiger partial charge in [-0.15, -0.1) is 11.3 Å². The Morgan fingerprint density at radius 1 is 1.07 bits per heavy atom. The van der Waals surface area contributed by atoms with Crippen molar-refractivity contribution in [3.05, 3.63) is 106 Å². The summed E-state index contributed by atoms with van der Waals surface area (Å²) in [7, 11) is 0. The van der Waals surface area contributed by atoms with Gasteiger partial charge in [-0.05, 0) is 35.7 Å². The van der Waals surface area contributed by atoms with Gasteiger partial charge in [-0.3, -0.25) is 14.9 Å². The van der Waals surface area contributed by atoms with Gasteiger partial charge in [0.15, 0.2) is 5.78 Å². The van der Waals surface area contributed by atoms with Gasteiger partial charge in [0, 0.05) is 29.5 Å². The third kappa shape index (κ3) is 4.04. The maximum atomic E-state index is 12.5. The van der Waals surface area contributed by atoms with Crippen LogP contribution in [0.25, 0.3) is 22.3 Å². The summed E-state index contributed by atoms with van der Waals surface area (Å²) in [4.78, 5) is 23.9. The lowest BCUT2D eigenvalue weighted by atomic mass is 10.1. The van der Waals surface area contributed by atoms with Crippen molar-refractivity contribution in [3.8, 4) is 16.3 Å². The Morgan fingerprint density at radius 2 is 1.90 bits per heavy atom. The van der Waals surface area contributed by atoms with E-state index in [1.54, 1.807) is 28.2 Å². The highest BCUT2D eigenvalue weighted by atomic mass is 32.1. The van der Waals surface area contributed by atoms with E-state index in [0.717, 1.165) is 21.8 Å². The van der Waals surface area contributed by atoms with Crippen molar-refractivity contribution in [1.82, 2.24) is 9.78 Å². The molecule has 4 rings (SSSR count). The molecule has 0 radical (unpaired) electrons. The Kier molecular flexibility index (Phi) is 5.13. The second kappa shape index (κ2) is 8.04. The summed E-state index contributed by atoms with van der Waals surface area (Å²) in [5, 5.41) is 17.6. The molecule has 2 aromatic heterocycles. The van der Waals surface area contributed by atoms with Crippen molar-refractivity contribution >= 4 is 28.9 Å². The first kappa shape index (κ1) is 18.5. The predicted octanol–water partition coefficient (Wildman–Crippen LogP) is 5.41. The molecule has 0 amide bonds. The summed E-state index contributed by atoms with van der Waals surface area (Å²) in [6.07, 6.45) is 4.98. The van der Waals surface area contributed by atoms with E-state index in [-0.39, 0.29) is 17.0 Å². The summed E-state index contributed by atoms with van der Waals surface area (Å²) >= 11 is 1.56. The van der Waals surface area contributed by atoms with Crippen LogP contribution in [0.3, 0.4) is 0 Å². The zero-order valence-electron chi connectivity index (χ0n) is 15.1. The predicted molar refractivity (Wildman–Crippen MR) is 113 cm³/mol. The lowest BCUT2D eigenvalue weighted by Gasteiger charge is -1.99. The zero-order chi connectivity index (χ0) is 20.2. The number of carbonyl (C=O) groups is 1. The van der Waals surface area contributed by atoms with Crippen molar-refractivity contribution in [2.45, 2.75) is 0 Å². The van der Waals surface area contributed by atoms with E-state index in [2.05, 4.69) is 5.10 Å². The number of benzene rings is 2. The Bertz CT molecular complexity index is 1200. The van der Waals surface area contributed by atoms with E-state index in [1.165, 1.54) is 24.3 Å². The molecule has 0 fully saturated rings. The van der Waals surface area contributed by atoms with E-state index in [0.29, 0.717) is 0 Å². The molecule has 142 valence electrons. The van der Waals surface area contributed by atoms with E-state index >= 15 is 0 Å². The Morgan fingerprint density at radius 3 is 2.62 bits per heavy atom. The molecule has 0 aliphatic rings. The third-order valence-corrected chi connectivity index (χ3v) is 5.15. The van der Waals surface area contributed by atoms with E-state index in [1.807, 2.05) is 54.0 Å². The van der Waals surface area contributed by atoms with Crippen LogP contribution in [0.15, 0.2) is 84.4 Å². The average Bonchev–Trinajstić information content (AvgIpc) is 3.42. The van der Waals surface area contributed by atoms with Crippen molar-refractivity contribution in [2.75, 3.05) is 0 Å². The number of nitrogens with zero attached hydrogens (tertiary/aromatic N) is 3. The number of carbonyl (C=O) groups excluding carboxylic acids is 1. The van der Waals surface area contributed by atoms with Gasteiger partial charge in [-0.1, -0.05) is 36.4 Å². The highest BCUT2D eigenvalue weighted by Gasteiger charge is 2.13. The molecule has 0 saturated heterocycles. The van der Waals surface area contributed by atoms with Crippen molar-refractivity contribution in [3.63, 3.8) is 0 Å². The lowest BCUT2D eigenvalue weighted by Crippen LogP contribution is -1.96. The van der Waals surface area contributed by atoms with Gasteiger partial charge in [-0.2, -0.15) is 5.10 Å². The van der Waals surface area contributed by atoms with Crippen LogP contribution in [-0.4, -0.2) is 20.5 Å². The largest absolute Gasteiger partial charge is 0.289 e. The second-order valence-corrected chi connectivity index (χ2v) is 7.14. The van der Waals surface area contributed by atoms with Gasteiger partial charge in [0.05, 0.1) is 15.5 Å². The molecule has 6 nitrogen and oxygen atoms in total. The molecule has 0 N–H and O–H groups in total. The van der Waals surface area contributed by atoms with E-state index in [9.17, 15) is 14.9 Å². The molecule has 0 bridgehead atoms. The van der Waals surface area contributed by atoms with Crippen LogP contribution in [-0.2, 0) is 0 Å². The Balaban J connectivity index is 1.69. The smallest absolute Gasteiger partial charge is 0.270 e. The summed E-state index contributed by atoms with van der Waals surface area (Å²) in [6.45, 7) is 0. The number of aromatic nitrogens is 2. The number of rotatable bonds is 6. The van der Waals surface area contributed by atoms with Crippen LogP contribution < -0.4 is 0 Å². The first-order chi connectivity index (χ1) is 14.1. The number of hydrogen-bond acceptors (Lipinski definition) is 5. The minimum atomic E-state index is -0.515. The zero-order valence-corrected chi connectivity index (χ0v) is 16.0. The van der Waals surface area contributed by atoms with Crippen LogP contribution >= 0.6 is 11.3 Å². The van der Waals surface area contributed by atoms with E-state index < -0.39 is 4.92 Å². The summed E-state index contributed by atoms with van der Waals surface area (Å²) in [5.41, 5.74) is 2.63. The van der Waals surface area contributed by atoms with Gasteiger partial charge < -0.3 is 0 Å². The molecule has 2 aromatic carbocycles. The van der Waals surface area contributed by atoms with Gasteiger partial charge in [0.1, 0.15) is 5.69 Å². The SMILES string of the molecule is O=C(/C=C/c1cn(-c2ccccc2)nc1-c1cccs1)c1cccc([N+](=O)[O-])c1. The number of nitro benzene ring substituents is 1. The van der Waals surface area contributed by atoms with Crippen LogP contribution in [0.1, 0.15) is 15.9 Å². The van der Waals surface area contributed by atoms with Gasteiger partial charge >= 0.3 is 0 Å². The van der Waals surface area contributed by atoms with Crippen LogP contribution in [0.5, 0.6) is 0 Å². The van der Waals surface area contributed by atoms with Gasteiger partial charge in [0.2, 0.25) is 0 Å². The first-order valence-corrected chi connectivity index (χ1v) is 9.65. The molecule has 0 unspecified atom stereocenters. The highest BCUT2D eigenvalue weighted by Crippen LogP contribution is 2.28. The summed E-state index contributed by atoms with van der Waals surface area (Å²) in [6, 6.07) is 19.3. The quantitative estimate of drug-likeness (QED) is 0.187.